The molecule has 0 atom stereocenters. The van der Waals surface area contributed by atoms with Crippen molar-refractivity contribution in [1.29, 1.82) is 0 Å². The molecule has 112 valence electrons. The second-order valence-electron chi connectivity index (χ2n) is 4.68. The zero-order chi connectivity index (χ0) is 15.9. The molecule has 2 nitrogen and oxygen atoms in total. The van der Waals surface area contributed by atoms with Crippen molar-refractivity contribution in [2.75, 3.05) is 0 Å². The number of pyridine rings is 1. The first kappa shape index (κ1) is 14.8. The highest BCUT2D eigenvalue weighted by atomic mass is 79.9. The number of aromatic nitrogens is 1. The molecule has 0 radical (unpaired) electrons. The zero-order valence-electron chi connectivity index (χ0n) is 11.3. The van der Waals surface area contributed by atoms with Crippen molar-refractivity contribution in [1.82, 2.24) is 4.98 Å². The van der Waals surface area contributed by atoms with Gasteiger partial charge in [-0.15, -0.1) is 0 Å². The fourth-order valence-electron chi connectivity index (χ4n) is 2.03. The van der Waals surface area contributed by atoms with Gasteiger partial charge in [0, 0.05) is 5.39 Å². The van der Waals surface area contributed by atoms with Crippen LogP contribution in [0.1, 0.15) is 5.69 Å². The molecule has 0 fully saturated rings. The second-order valence-corrected chi connectivity index (χ2v) is 5.54. The van der Waals surface area contributed by atoms with Gasteiger partial charge in [-0.3, -0.25) is 0 Å². The predicted molar refractivity (Wildman–Crippen MR) is 80.6 cm³/mol. The number of ether oxygens (including phenoxy) is 1. The molecule has 0 saturated heterocycles. The van der Waals surface area contributed by atoms with Gasteiger partial charge in [-0.1, -0.05) is 0 Å². The quantitative estimate of drug-likeness (QED) is 0.595. The fourth-order valence-corrected chi connectivity index (χ4v) is 2.47. The predicted octanol–water partition coefficient (Wildman–Crippen LogP) is 5.52. The summed E-state index contributed by atoms with van der Waals surface area (Å²) in [7, 11) is 0. The van der Waals surface area contributed by atoms with Gasteiger partial charge in [0.25, 0.3) is 0 Å². The fraction of sp³-hybridized carbons (Fsp3) is 0.0625. The Hall–Kier alpha value is -2.08. The molecule has 0 bridgehead atoms. The molecule has 1 aromatic heterocycles. The van der Waals surface area contributed by atoms with Gasteiger partial charge >= 0.3 is 0 Å². The highest BCUT2D eigenvalue weighted by Crippen LogP contribution is 2.33. The lowest BCUT2D eigenvalue weighted by molar-refractivity contribution is 0.471. The molecule has 22 heavy (non-hydrogen) atoms. The Labute approximate surface area is 132 Å². The molecule has 0 aliphatic carbocycles. The number of hydrogen-bond donors (Lipinski definition) is 0. The normalized spacial score (nSPS) is 11.0. The van der Waals surface area contributed by atoms with Crippen LogP contribution in [0.25, 0.3) is 10.9 Å². The minimum absolute atomic E-state index is 0.0528. The van der Waals surface area contributed by atoms with E-state index in [2.05, 4.69) is 20.9 Å². The van der Waals surface area contributed by atoms with Gasteiger partial charge in [-0.25, -0.2) is 18.2 Å². The number of fused-ring (bicyclic) bond motifs is 1. The minimum atomic E-state index is -0.991. The van der Waals surface area contributed by atoms with Crippen LogP contribution in [0.3, 0.4) is 0 Å². The van der Waals surface area contributed by atoms with Crippen LogP contribution in [0.5, 0.6) is 11.5 Å². The van der Waals surface area contributed by atoms with E-state index in [9.17, 15) is 13.2 Å². The molecular formula is C16H9BrF3NO. The summed E-state index contributed by atoms with van der Waals surface area (Å²) < 4.78 is 46.2. The van der Waals surface area contributed by atoms with E-state index in [4.69, 9.17) is 4.74 Å². The number of aryl methyl sites for hydroxylation is 1. The summed E-state index contributed by atoms with van der Waals surface area (Å²) in [6, 6.07) is 8.02. The van der Waals surface area contributed by atoms with E-state index in [0.29, 0.717) is 27.1 Å². The molecule has 3 rings (SSSR count). The molecule has 3 aromatic rings. The summed E-state index contributed by atoms with van der Waals surface area (Å²) in [6.45, 7) is 1.62. The molecule has 0 N–H and O–H groups in total. The van der Waals surface area contributed by atoms with Gasteiger partial charge in [0.05, 0.1) is 10.2 Å². The third-order valence-electron chi connectivity index (χ3n) is 3.14. The van der Waals surface area contributed by atoms with Crippen LogP contribution in [0.4, 0.5) is 13.2 Å². The van der Waals surface area contributed by atoms with Gasteiger partial charge < -0.3 is 4.74 Å². The van der Waals surface area contributed by atoms with E-state index < -0.39 is 17.5 Å². The summed E-state index contributed by atoms with van der Waals surface area (Å²) in [6.07, 6.45) is 0. The Morgan fingerprint density at radius 3 is 2.50 bits per heavy atom. The van der Waals surface area contributed by atoms with Crippen LogP contribution in [-0.4, -0.2) is 4.98 Å². The monoisotopic (exact) mass is 367 g/mol. The minimum Gasteiger partial charge on any atom is -0.454 e. The molecule has 0 spiro atoms. The van der Waals surface area contributed by atoms with Crippen LogP contribution in [0, 0.1) is 24.4 Å². The van der Waals surface area contributed by atoms with E-state index in [1.165, 1.54) is 24.3 Å². The summed E-state index contributed by atoms with van der Waals surface area (Å²) in [5.74, 6) is -1.56. The topological polar surface area (TPSA) is 22.1 Å². The molecule has 0 aliphatic rings. The van der Waals surface area contributed by atoms with E-state index in [-0.39, 0.29) is 5.52 Å². The Morgan fingerprint density at radius 2 is 1.77 bits per heavy atom. The van der Waals surface area contributed by atoms with Crippen molar-refractivity contribution < 1.29 is 17.9 Å². The second kappa shape index (κ2) is 5.61. The van der Waals surface area contributed by atoms with Crippen LogP contribution in [0.2, 0.25) is 0 Å². The Kier molecular flexibility index (Phi) is 3.78. The lowest BCUT2D eigenvalue weighted by Crippen LogP contribution is -1.96. The van der Waals surface area contributed by atoms with Gasteiger partial charge in [0.15, 0.2) is 11.6 Å². The largest absolute Gasteiger partial charge is 0.454 e. The summed E-state index contributed by atoms with van der Waals surface area (Å²) >= 11 is 3.21. The van der Waals surface area contributed by atoms with Crippen molar-refractivity contribution in [3.05, 3.63) is 64.0 Å². The summed E-state index contributed by atoms with van der Waals surface area (Å²) in [5, 5.41) is 0.415. The lowest BCUT2D eigenvalue weighted by Gasteiger charge is -2.11. The lowest BCUT2D eigenvalue weighted by atomic mass is 10.2. The van der Waals surface area contributed by atoms with E-state index in [1.54, 1.807) is 13.0 Å². The molecule has 0 unspecified atom stereocenters. The van der Waals surface area contributed by atoms with Gasteiger partial charge in [-0.05, 0) is 59.3 Å². The van der Waals surface area contributed by atoms with Gasteiger partial charge in [0.2, 0.25) is 0 Å². The van der Waals surface area contributed by atoms with Crippen molar-refractivity contribution >= 4 is 26.8 Å². The Balaban J connectivity index is 2.08. The standard InChI is InChI=1S/C16H9BrF3NO/c1-8-14(22-13-5-3-10(18)7-11(13)17)6-9-2-4-12(19)15(20)16(9)21-8/h2-7H,1H3. The SMILES string of the molecule is Cc1nc2c(F)c(F)ccc2cc1Oc1ccc(F)cc1Br. The highest BCUT2D eigenvalue weighted by Gasteiger charge is 2.13. The van der Waals surface area contributed by atoms with Crippen LogP contribution in [-0.2, 0) is 0 Å². The number of halogens is 4. The zero-order valence-corrected chi connectivity index (χ0v) is 12.9. The Bertz CT molecular complexity index is 883. The molecule has 6 heteroatoms. The van der Waals surface area contributed by atoms with Crippen LogP contribution >= 0.6 is 15.9 Å². The van der Waals surface area contributed by atoms with Crippen LogP contribution < -0.4 is 4.74 Å². The van der Waals surface area contributed by atoms with Crippen molar-refractivity contribution in [2.24, 2.45) is 0 Å². The maximum absolute atomic E-state index is 13.7. The first-order valence-electron chi connectivity index (χ1n) is 6.34. The van der Waals surface area contributed by atoms with E-state index in [0.717, 1.165) is 6.07 Å². The van der Waals surface area contributed by atoms with Crippen molar-refractivity contribution in [2.45, 2.75) is 6.92 Å². The highest BCUT2D eigenvalue weighted by molar-refractivity contribution is 9.10. The van der Waals surface area contributed by atoms with Gasteiger partial charge in [-0.2, -0.15) is 0 Å². The maximum Gasteiger partial charge on any atom is 0.184 e. The Morgan fingerprint density at radius 1 is 1.00 bits per heavy atom. The third kappa shape index (κ3) is 2.66. The van der Waals surface area contributed by atoms with E-state index >= 15 is 0 Å². The molecule has 0 amide bonds. The number of benzene rings is 2. The van der Waals surface area contributed by atoms with Gasteiger partial charge in [0.1, 0.15) is 22.8 Å². The van der Waals surface area contributed by atoms with Crippen LogP contribution in [0.15, 0.2) is 40.9 Å². The third-order valence-corrected chi connectivity index (χ3v) is 3.76. The molecule has 1 heterocycles. The number of nitrogens with zero attached hydrogens (tertiary/aromatic N) is 1. The molecular weight excluding hydrogens is 359 g/mol. The summed E-state index contributed by atoms with van der Waals surface area (Å²) in [5.41, 5.74) is 0.344. The molecule has 0 aliphatic heterocycles. The smallest absolute Gasteiger partial charge is 0.184 e. The molecule has 2 aromatic carbocycles. The summed E-state index contributed by atoms with van der Waals surface area (Å²) in [4.78, 5) is 4.05. The molecule has 0 saturated carbocycles. The first-order chi connectivity index (χ1) is 10.5. The van der Waals surface area contributed by atoms with E-state index in [1.807, 2.05) is 0 Å². The first-order valence-corrected chi connectivity index (χ1v) is 7.13. The van der Waals surface area contributed by atoms with Crippen molar-refractivity contribution in [3.63, 3.8) is 0 Å². The average Bonchev–Trinajstić information content (AvgIpc) is 2.47. The maximum atomic E-state index is 13.7. The van der Waals surface area contributed by atoms with Crippen molar-refractivity contribution in [3.8, 4) is 11.5 Å². The number of rotatable bonds is 2. The average molecular weight is 368 g/mol. The number of hydrogen-bond acceptors (Lipinski definition) is 2.